The summed E-state index contributed by atoms with van der Waals surface area (Å²) in [6.07, 6.45) is 1.75. The molecule has 94 valence electrons. The molecule has 1 aromatic heterocycles. The standard InChI is InChI=1S/C13H14N2O3/c1-9-8-14(2)13(18)15(9)11-5-3-10(4-6-11)7-12(16)17/h3-6,8H,7H2,1-2H3,(H,16,17). The number of nitrogens with zero attached hydrogens (tertiary/aromatic N) is 2. The van der Waals surface area contributed by atoms with E-state index in [2.05, 4.69) is 0 Å². The predicted molar refractivity (Wildman–Crippen MR) is 67.1 cm³/mol. The van der Waals surface area contributed by atoms with Gasteiger partial charge in [0.25, 0.3) is 0 Å². The van der Waals surface area contributed by atoms with Gasteiger partial charge in [0.05, 0.1) is 12.1 Å². The lowest BCUT2D eigenvalue weighted by molar-refractivity contribution is -0.136. The summed E-state index contributed by atoms with van der Waals surface area (Å²) in [5.41, 5.74) is 2.19. The van der Waals surface area contributed by atoms with E-state index in [4.69, 9.17) is 5.11 Å². The molecule has 1 heterocycles. The Labute approximate surface area is 104 Å². The highest BCUT2D eigenvalue weighted by molar-refractivity contribution is 5.70. The maximum Gasteiger partial charge on any atom is 0.332 e. The zero-order valence-corrected chi connectivity index (χ0v) is 10.3. The first-order valence-electron chi connectivity index (χ1n) is 5.55. The number of aromatic nitrogens is 2. The van der Waals surface area contributed by atoms with Gasteiger partial charge in [-0.3, -0.25) is 9.36 Å². The van der Waals surface area contributed by atoms with Crippen LogP contribution in [0, 0.1) is 6.92 Å². The normalized spacial score (nSPS) is 10.6. The van der Waals surface area contributed by atoms with Crippen molar-refractivity contribution in [3.63, 3.8) is 0 Å². The minimum atomic E-state index is -0.865. The van der Waals surface area contributed by atoms with Gasteiger partial charge in [0.1, 0.15) is 0 Å². The van der Waals surface area contributed by atoms with Crippen LogP contribution in [0.15, 0.2) is 35.3 Å². The first kappa shape index (κ1) is 12.2. The van der Waals surface area contributed by atoms with Crippen LogP contribution in [0.3, 0.4) is 0 Å². The molecule has 0 bridgehead atoms. The fourth-order valence-electron chi connectivity index (χ4n) is 1.95. The molecule has 0 aliphatic carbocycles. The molecule has 0 saturated heterocycles. The molecule has 0 aliphatic heterocycles. The van der Waals surface area contributed by atoms with Crippen molar-refractivity contribution < 1.29 is 9.90 Å². The van der Waals surface area contributed by atoms with E-state index in [1.165, 1.54) is 4.57 Å². The van der Waals surface area contributed by atoms with Gasteiger partial charge in [-0.15, -0.1) is 0 Å². The second kappa shape index (κ2) is 4.52. The van der Waals surface area contributed by atoms with Crippen molar-refractivity contribution >= 4 is 5.97 Å². The maximum atomic E-state index is 11.9. The number of carbonyl (C=O) groups is 1. The van der Waals surface area contributed by atoms with Crippen LogP contribution < -0.4 is 5.69 Å². The zero-order valence-electron chi connectivity index (χ0n) is 10.3. The fourth-order valence-corrected chi connectivity index (χ4v) is 1.95. The first-order valence-corrected chi connectivity index (χ1v) is 5.55. The molecule has 0 spiro atoms. The molecule has 0 saturated carbocycles. The smallest absolute Gasteiger partial charge is 0.332 e. The highest BCUT2D eigenvalue weighted by atomic mass is 16.4. The summed E-state index contributed by atoms with van der Waals surface area (Å²) in [4.78, 5) is 22.5. The second-order valence-corrected chi connectivity index (χ2v) is 4.24. The number of carboxylic acids is 1. The molecule has 0 amide bonds. The highest BCUT2D eigenvalue weighted by Gasteiger charge is 2.08. The van der Waals surface area contributed by atoms with Crippen LogP contribution >= 0.6 is 0 Å². The number of hydrogen-bond donors (Lipinski definition) is 1. The molecule has 0 unspecified atom stereocenters. The molecular weight excluding hydrogens is 232 g/mol. The summed E-state index contributed by atoms with van der Waals surface area (Å²) < 4.78 is 3.10. The third-order valence-corrected chi connectivity index (χ3v) is 2.78. The van der Waals surface area contributed by atoms with E-state index in [9.17, 15) is 9.59 Å². The quantitative estimate of drug-likeness (QED) is 0.882. The van der Waals surface area contributed by atoms with Crippen LogP contribution in [0.25, 0.3) is 5.69 Å². The third-order valence-electron chi connectivity index (χ3n) is 2.78. The van der Waals surface area contributed by atoms with Gasteiger partial charge in [-0.25, -0.2) is 4.79 Å². The highest BCUT2D eigenvalue weighted by Crippen LogP contribution is 2.11. The van der Waals surface area contributed by atoms with Crippen molar-refractivity contribution in [1.82, 2.24) is 9.13 Å². The minimum absolute atomic E-state index is 0.0110. The molecule has 5 heteroatoms. The molecule has 1 N–H and O–H groups in total. The molecule has 5 nitrogen and oxygen atoms in total. The number of benzene rings is 1. The number of aryl methyl sites for hydroxylation is 2. The molecule has 0 atom stereocenters. The molecule has 2 rings (SSSR count). The lowest BCUT2D eigenvalue weighted by Crippen LogP contribution is -2.21. The summed E-state index contributed by atoms with van der Waals surface area (Å²) in [7, 11) is 1.70. The van der Waals surface area contributed by atoms with Crippen molar-refractivity contribution in [2.45, 2.75) is 13.3 Å². The Morgan fingerprint density at radius 3 is 2.33 bits per heavy atom. The number of carboxylic acid groups (broad SMARTS) is 1. The van der Waals surface area contributed by atoms with Crippen molar-refractivity contribution in [2.24, 2.45) is 7.05 Å². The molecule has 0 aliphatic rings. The maximum absolute atomic E-state index is 11.9. The molecule has 18 heavy (non-hydrogen) atoms. The summed E-state index contributed by atoms with van der Waals surface area (Å²) in [6.45, 7) is 1.85. The predicted octanol–water partition coefficient (Wildman–Crippen LogP) is 1.11. The van der Waals surface area contributed by atoms with E-state index in [0.717, 1.165) is 11.4 Å². The van der Waals surface area contributed by atoms with Crippen LogP contribution in [-0.2, 0) is 18.3 Å². The Hall–Kier alpha value is -2.30. The second-order valence-electron chi connectivity index (χ2n) is 4.24. The van der Waals surface area contributed by atoms with Gasteiger partial charge in [-0.2, -0.15) is 0 Å². The molecule has 0 radical (unpaired) electrons. The number of hydrogen-bond acceptors (Lipinski definition) is 2. The monoisotopic (exact) mass is 246 g/mol. The molecule has 2 aromatic rings. The number of rotatable bonds is 3. The topological polar surface area (TPSA) is 64.2 Å². The first-order chi connectivity index (χ1) is 8.49. The summed E-state index contributed by atoms with van der Waals surface area (Å²) >= 11 is 0. The Morgan fingerprint density at radius 1 is 1.28 bits per heavy atom. The van der Waals surface area contributed by atoms with Gasteiger partial charge in [0, 0.05) is 18.9 Å². The van der Waals surface area contributed by atoms with E-state index in [1.54, 1.807) is 42.1 Å². The van der Waals surface area contributed by atoms with Gasteiger partial charge >= 0.3 is 11.7 Å². The van der Waals surface area contributed by atoms with Crippen LogP contribution in [-0.4, -0.2) is 20.2 Å². The van der Waals surface area contributed by atoms with Crippen LogP contribution in [0.1, 0.15) is 11.3 Å². The van der Waals surface area contributed by atoms with Gasteiger partial charge in [0.2, 0.25) is 0 Å². The van der Waals surface area contributed by atoms with E-state index in [-0.39, 0.29) is 12.1 Å². The fraction of sp³-hybridized carbons (Fsp3) is 0.231. The lowest BCUT2D eigenvalue weighted by atomic mass is 10.1. The van der Waals surface area contributed by atoms with E-state index in [0.29, 0.717) is 5.56 Å². The Kier molecular flexibility index (Phi) is 3.06. The van der Waals surface area contributed by atoms with Crippen molar-refractivity contribution in [1.29, 1.82) is 0 Å². The van der Waals surface area contributed by atoms with Crippen LogP contribution in [0.5, 0.6) is 0 Å². The SMILES string of the molecule is Cc1cn(C)c(=O)n1-c1ccc(CC(=O)O)cc1. The summed E-state index contributed by atoms with van der Waals surface area (Å²) in [5, 5.41) is 8.69. The average molecular weight is 246 g/mol. The van der Waals surface area contributed by atoms with Crippen molar-refractivity contribution in [3.05, 3.63) is 52.2 Å². The van der Waals surface area contributed by atoms with E-state index >= 15 is 0 Å². The van der Waals surface area contributed by atoms with Crippen molar-refractivity contribution in [3.8, 4) is 5.69 Å². The number of imidazole rings is 1. The molecular formula is C13H14N2O3. The minimum Gasteiger partial charge on any atom is -0.481 e. The summed E-state index contributed by atoms with van der Waals surface area (Å²) in [6, 6.07) is 6.96. The van der Waals surface area contributed by atoms with Gasteiger partial charge < -0.3 is 9.67 Å². The van der Waals surface area contributed by atoms with E-state index < -0.39 is 5.97 Å². The lowest BCUT2D eigenvalue weighted by Gasteiger charge is -2.05. The van der Waals surface area contributed by atoms with E-state index in [1.807, 2.05) is 6.92 Å². The van der Waals surface area contributed by atoms with Gasteiger partial charge in [-0.1, -0.05) is 12.1 Å². The van der Waals surface area contributed by atoms with Gasteiger partial charge in [0.15, 0.2) is 0 Å². The molecule has 0 fully saturated rings. The Bertz CT molecular complexity index is 635. The zero-order chi connectivity index (χ0) is 13.3. The number of aliphatic carboxylic acids is 1. The largest absolute Gasteiger partial charge is 0.481 e. The van der Waals surface area contributed by atoms with Crippen LogP contribution in [0.2, 0.25) is 0 Å². The molecule has 1 aromatic carbocycles. The van der Waals surface area contributed by atoms with Crippen LogP contribution in [0.4, 0.5) is 0 Å². The Balaban J connectivity index is 2.40. The average Bonchev–Trinajstić information content (AvgIpc) is 2.54. The van der Waals surface area contributed by atoms with Gasteiger partial charge in [-0.05, 0) is 24.6 Å². The summed E-state index contributed by atoms with van der Waals surface area (Å²) in [5.74, 6) is -0.865. The van der Waals surface area contributed by atoms with Crippen molar-refractivity contribution in [2.75, 3.05) is 0 Å². The Morgan fingerprint density at radius 2 is 1.89 bits per heavy atom. The third kappa shape index (κ3) is 2.20.